The first kappa shape index (κ1) is 18.6. The Hall–Kier alpha value is -2.77. The zero-order valence-corrected chi connectivity index (χ0v) is 17.0. The van der Waals surface area contributed by atoms with Crippen molar-refractivity contribution in [1.82, 2.24) is 20.1 Å². The van der Waals surface area contributed by atoms with Crippen LogP contribution < -0.4 is 5.32 Å². The number of hydrogen-bond donors (Lipinski definition) is 1. The molecule has 0 bridgehead atoms. The number of carbonyl (C=O) groups is 1. The molecular weight excluding hydrogens is 388 g/mol. The molecule has 0 aliphatic rings. The summed E-state index contributed by atoms with van der Waals surface area (Å²) in [6.07, 6.45) is 4.30. The molecule has 0 aliphatic carbocycles. The van der Waals surface area contributed by atoms with Gasteiger partial charge in [-0.25, -0.2) is 4.98 Å². The molecule has 142 valence electrons. The number of benzene rings is 1. The van der Waals surface area contributed by atoms with Crippen LogP contribution >= 0.6 is 22.7 Å². The zero-order chi connectivity index (χ0) is 19.3. The molecule has 1 unspecified atom stereocenters. The monoisotopic (exact) mass is 408 g/mol. The van der Waals surface area contributed by atoms with Crippen LogP contribution in [0.25, 0.3) is 10.6 Å². The van der Waals surface area contributed by atoms with Gasteiger partial charge in [0, 0.05) is 29.2 Å². The van der Waals surface area contributed by atoms with Crippen molar-refractivity contribution in [2.45, 2.75) is 19.4 Å². The van der Waals surface area contributed by atoms with Crippen molar-refractivity contribution < 1.29 is 4.79 Å². The van der Waals surface area contributed by atoms with E-state index in [0.29, 0.717) is 6.54 Å². The molecule has 3 aromatic heterocycles. The second-order valence-electron chi connectivity index (χ2n) is 6.36. The van der Waals surface area contributed by atoms with Crippen LogP contribution in [0.3, 0.4) is 0 Å². The first-order valence-electron chi connectivity index (χ1n) is 9.04. The van der Waals surface area contributed by atoms with Crippen LogP contribution in [0, 0.1) is 6.92 Å². The Bertz CT molecular complexity index is 1040. The fourth-order valence-electron chi connectivity index (χ4n) is 3.03. The van der Waals surface area contributed by atoms with E-state index in [9.17, 15) is 4.79 Å². The number of nitrogens with zero attached hydrogens (tertiary/aromatic N) is 3. The maximum atomic E-state index is 12.9. The van der Waals surface area contributed by atoms with E-state index >= 15 is 0 Å². The van der Waals surface area contributed by atoms with Crippen molar-refractivity contribution in [3.63, 3.8) is 0 Å². The second kappa shape index (κ2) is 8.50. The van der Waals surface area contributed by atoms with Crippen LogP contribution in [0.4, 0.5) is 0 Å². The zero-order valence-electron chi connectivity index (χ0n) is 15.4. The summed E-state index contributed by atoms with van der Waals surface area (Å²) in [5, 5.41) is 10.5. The maximum Gasteiger partial charge on any atom is 0.249 e. The molecule has 1 N–H and O–H groups in total. The van der Waals surface area contributed by atoms with E-state index in [1.807, 2.05) is 49.5 Å². The van der Waals surface area contributed by atoms with Gasteiger partial charge in [-0.05, 0) is 37.1 Å². The Balaban J connectivity index is 1.40. The summed E-state index contributed by atoms with van der Waals surface area (Å²) in [6, 6.07) is 15.3. The third-order valence-corrected chi connectivity index (χ3v) is 6.30. The third-order valence-electron chi connectivity index (χ3n) is 4.36. The molecule has 28 heavy (non-hydrogen) atoms. The number of thiazole rings is 1. The second-order valence-corrected chi connectivity index (χ2v) is 8.59. The lowest BCUT2D eigenvalue weighted by atomic mass is 10.1. The molecule has 4 rings (SSSR count). The number of aryl methyl sites for hydroxylation is 1. The topological polar surface area (TPSA) is 59.8 Å². The Morgan fingerprint density at radius 3 is 2.75 bits per heavy atom. The SMILES string of the molecule is Cc1nc(-c2ccc(CCNC(=O)C(c3ccccc3)n3cccn3)s2)cs1. The molecule has 1 atom stereocenters. The average Bonchev–Trinajstić information content (AvgIpc) is 3.45. The quantitative estimate of drug-likeness (QED) is 0.495. The van der Waals surface area contributed by atoms with Crippen LogP contribution in [0.1, 0.15) is 21.5 Å². The lowest BCUT2D eigenvalue weighted by molar-refractivity contribution is -0.123. The van der Waals surface area contributed by atoms with Crippen molar-refractivity contribution in [2.24, 2.45) is 0 Å². The standard InChI is InChI=1S/C21H20N4OS2/c1-15-24-18(14-27-15)19-9-8-17(28-19)10-12-22-21(26)20(25-13-5-11-23-25)16-6-3-2-4-7-16/h2-9,11,13-14,20H,10,12H2,1H3,(H,22,26). The third kappa shape index (κ3) is 4.21. The maximum absolute atomic E-state index is 12.9. The van der Waals surface area contributed by atoms with Crippen molar-refractivity contribution in [1.29, 1.82) is 0 Å². The molecule has 1 aromatic carbocycles. The van der Waals surface area contributed by atoms with E-state index in [0.717, 1.165) is 22.7 Å². The van der Waals surface area contributed by atoms with Crippen LogP contribution in [0.5, 0.6) is 0 Å². The van der Waals surface area contributed by atoms with Crippen LogP contribution in [0.2, 0.25) is 0 Å². The first-order chi connectivity index (χ1) is 13.7. The Morgan fingerprint density at radius 1 is 1.18 bits per heavy atom. The van der Waals surface area contributed by atoms with Gasteiger partial charge in [-0.2, -0.15) is 5.10 Å². The number of amides is 1. The molecule has 3 heterocycles. The predicted molar refractivity (Wildman–Crippen MR) is 114 cm³/mol. The molecule has 0 saturated carbocycles. The minimum atomic E-state index is -0.465. The minimum Gasteiger partial charge on any atom is -0.354 e. The van der Waals surface area contributed by atoms with Crippen molar-refractivity contribution >= 4 is 28.6 Å². The lowest BCUT2D eigenvalue weighted by Gasteiger charge is -2.17. The van der Waals surface area contributed by atoms with Gasteiger partial charge in [-0.1, -0.05) is 30.3 Å². The molecule has 0 spiro atoms. The number of carbonyl (C=O) groups excluding carboxylic acids is 1. The first-order valence-corrected chi connectivity index (χ1v) is 10.7. The summed E-state index contributed by atoms with van der Waals surface area (Å²) in [6.45, 7) is 2.60. The van der Waals surface area contributed by atoms with Crippen molar-refractivity contribution in [3.8, 4) is 10.6 Å². The molecular formula is C21H20N4OS2. The smallest absolute Gasteiger partial charge is 0.249 e. The van der Waals surface area contributed by atoms with Crippen LogP contribution in [-0.4, -0.2) is 27.2 Å². The highest BCUT2D eigenvalue weighted by atomic mass is 32.1. The average molecular weight is 409 g/mol. The predicted octanol–water partition coefficient (Wildman–Crippen LogP) is 4.32. The summed E-state index contributed by atoms with van der Waals surface area (Å²) in [4.78, 5) is 19.8. The highest BCUT2D eigenvalue weighted by Gasteiger charge is 2.22. The van der Waals surface area contributed by atoms with Gasteiger partial charge in [0.25, 0.3) is 0 Å². The van der Waals surface area contributed by atoms with Crippen molar-refractivity contribution in [3.05, 3.63) is 81.8 Å². The number of aromatic nitrogens is 3. The van der Waals surface area contributed by atoms with Crippen LogP contribution in [-0.2, 0) is 11.2 Å². The Morgan fingerprint density at radius 2 is 2.04 bits per heavy atom. The van der Waals surface area contributed by atoms with E-state index in [1.165, 1.54) is 9.75 Å². The van der Waals surface area contributed by atoms with Gasteiger partial charge in [-0.15, -0.1) is 22.7 Å². The Kier molecular flexibility index (Phi) is 5.64. The van der Waals surface area contributed by atoms with Gasteiger partial charge < -0.3 is 5.32 Å². The number of rotatable bonds is 7. The summed E-state index contributed by atoms with van der Waals surface area (Å²) in [5.74, 6) is -0.0539. The molecule has 4 aromatic rings. The van der Waals surface area contributed by atoms with Crippen LogP contribution in [0.15, 0.2) is 66.3 Å². The van der Waals surface area contributed by atoms with E-state index in [1.54, 1.807) is 33.6 Å². The fourth-order valence-corrected chi connectivity index (χ4v) is 4.68. The molecule has 0 fully saturated rings. The number of nitrogens with one attached hydrogen (secondary N) is 1. The highest BCUT2D eigenvalue weighted by molar-refractivity contribution is 7.16. The van der Waals surface area contributed by atoms with Gasteiger partial charge in [0.2, 0.25) is 5.91 Å². The van der Waals surface area contributed by atoms with E-state index in [-0.39, 0.29) is 5.91 Å². The molecule has 7 heteroatoms. The van der Waals surface area contributed by atoms with Gasteiger partial charge >= 0.3 is 0 Å². The van der Waals surface area contributed by atoms with E-state index < -0.39 is 6.04 Å². The molecule has 1 amide bonds. The van der Waals surface area contributed by atoms with Gasteiger partial charge in [0.05, 0.1) is 15.6 Å². The summed E-state index contributed by atoms with van der Waals surface area (Å²) >= 11 is 3.39. The fraction of sp³-hybridized carbons (Fsp3) is 0.190. The molecule has 5 nitrogen and oxygen atoms in total. The van der Waals surface area contributed by atoms with E-state index in [2.05, 4.69) is 32.9 Å². The molecule has 0 saturated heterocycles. The van der Waals surface area contributed by atoms with Gasteiger partial charge in [0.15, 0.2) is 6.04 Å². The molecule has 0 aliphatic heterocycles. The van der Waals surface area contributed by atoms with E-state index in [4.69, 9.17) is 0 Å². The summed E-state index contributed by atoms with van der Waals surface area (Å²) in [7, 11) is 0. The highest BCUT2D eigenvalue weighted by Crippen LogP contribution is 2.29. The molecule has 0 radical (unpaired) electrons. The van der Waals surface area contributed by atoms with Gasteiger partial charge in [0.1, 0.15) is 0 Å². The summed E-state index contributed by atoms with van der Waals surface area (Å²) in [5.41, 5.74) is 1.95. The number of hydrogen-bond acceptors (Lipinski definition) is 5. The normalized spacial score (nSPS) is 12.0. The minimum absolute atomic E-state index is 0.0539. The number of thiophene rings is 1. The summed E-state index contributed by atoms with van der Waals surface area (Å²) < 4.78 is 1.69. The Labute approximate surface area is 171 Å². The van der Waals surface area contributed by atoms with Crippen molar-refractivity contribution in [2.75, 3.05) is 6.54 Å². The largest absolute Gasteiger partial charge is 0.354 e. The van der Waals surface area contributed by atoms with Gasteiger partial charge in [-0.3, -0.25) is 9.48 Å². The lowest BCUT2D eigenvalue weighted by Crippen LogP contribution is -2.34.